The number of nitrogens with two attached hydrogens (primary N) is 1. The Balaban J connectivity index is 1.66. The Labute approximate surface area is 248 Å². The number of nitriles is 1. The number of primary amides is 1. The fourth-order valence-corrected chi connectivity index (χ4v) is 6.48. The third-order valence-electron chi connectivity index (χ3n) is 7.32. The summed E-state index contributed by atoms with van der Waals surface area (Å²) in [7, 11) is -4.56. The van der Waals surface area contributed by atoms with E-state index in [1.807, 2.05) is 0 Å². The second-order valence-corrected chi connectivity index (χ2v) is 12.6. The van der Waals surface area contributed by atoms with Crippen molar-refractivity contribution in [2.24, 2.45) is 11.7 Å². The molecule has 1 saturated carbocycles. The molecular formula is C32H30N4O6S. The summed E-state index contributed by atoms with van der Waals surface area (Å²) in [6.07, 6.45) is 1.35. The van der Waals surface area contributed by atoms with Gasteiger partial charge in [-0.15, -0.1) is 0 Å². The molecule has 1 aromatic heterocycles. The Hall–Kier alpha value is -4.79. The van der Waals surface area contributed by atoms with Gasteiger partial charge in [0.25, 0.3) is 5.56 Å². The summed E-state index contributed by atoms with van der Waals surface area (Å²) in [5.41, 5.74) is 6.96. The van der Waals surface area contributed by atoms with Crippen molar-refractivity contribution in [3.8, 4) is 23.1 Å². The molecule has 3 aromatic carbocycles. The molecule has 4 aromatic rings. The normalized spacial score (nSPS) is 13.9. The topological polar surface area (TPSA) is 165 Å². The van der Waals surface area contributed by atoms with E-state index in [4.69, 9.17) is 10.5 Å². The molecule has 5 rings (SSSR count). The molecule has 1 aliphatic carbocycles. The van der Waals surface area contributed by atoms with E-state index in [1.165, 1.54) is 28.8 Å². The van der Waals surface area contributed by atoms with Crippen LogP contribution >= 0.6 is 0 Å². The zero-order chi connectivity index (χ0) is 30.9. The van der Waals surface area contributed by atoms with Gasteiger partial charge in [-0.1, -0.05) is 42.5 Å². The minimum atomic E-state index is -4.56. The Kier molecular flexibility index (Phi) is 8.17. The van der Waals surface area contributed by atoms with E-state index < -0.39 is 38.1 Å². The SMILES string of the molecule is CC(C)OCc1nc(O)c(S(=O)(=O)c2ccc(-c3ccccc3C(N)=O)cc2)c(=O)n1C(c1cccc(C#N)c1)C1CC1. The molecule has 0 radical (unpaired) electrons. The van der Waals surface area contributed by atoms with Crippen molar-refractivity contribution in [1.29, 1.82) is 5.26 Å². The summed E-state index contributed by atoms with van der Waals surface area (Å²) < 4.78 is 34.8. The van der Waals surface area contributed by atoms with Gasteiger partial charge in [0, 0.05) is 5.56 Å². The number of nitrogens with zero attached hydrogens (tertiary/aromatic N) is 3. The number of hydrogen-bond donors (Lipinski definition) is 2. The number of hydrogen-bond acceptors (Lipinski definition) is 8. The van der Waals surface area contributed by atoms with Crippen LogP contribution < -0.4 is 11.3 Å². The predicted octanol–water partition coefficient (Wildman–Crippen LogP) is 4.34. The van der Waals surface area contributed by atoms with E-state index in [0.29, 0.717) is 22.3 Å². The smallest absolute Gasteiger partial charge is 0.277 e. The van der Waals surface area contributed by atoms with Crippen LogP contribution in [-0.4, -0.2) is 35.1 Å². The molecule has 220 valence electrons. The van der Waals surface area contributed by atoms with Crippen molar-refractivity contribution in [3.05, 3.63) is 106 Å². The van der Waals surface area contributed by atoms with Gasteiger partial charge in [-0.3, -0.25) is 14.2 Å². The van der Waals surface area contributed by atoms with Gasteiger partial charge in [-0.25, -0.2) is 8.42 Å². The molecule has 11 heteroatoms. The first kappa shape index (κ1) is 29.7. The van der Waals surface area contributed by atoms with Crippen molar-refractivity contribution in [1.82, 2.24) is 9.55 Å². The van der Waals surface area contributed by atoms with E-state index >= 15 is 0 Å². The first-order chi connectivity index (χ1) is 20.5. The fraction of sp³-hybridized carbons (Fsp3) is 0.250. The Morgan fingerprint density at radius 3 is 2.44 bits per heavy atom. The Bertz CT molecular complexity index is 1910. The molecule has 1 unspecified atom stereocenters. The maximum absolute atomic E-state index is 14.2. The quantitative estimate of drug-likeness (QED) is 0.272. The summed E-state index contributed by atoms with van der Waals surface area (Å²) >= 11 is 0. The number of benzene rings is 3. The van der Waals surface area contributed by atoms with Crippen LogP contribution in [0.1, 0.15) is 60.0 Å². The molecule has 1 amide bonds. The van der Waals surface area contributed by atoms with E-state index in [0.717, 1.165) is 12.8 Å². The number of ether oxygens (including phenoxy) is 1. The third kappa shape index (κ3) is 5.93. The average Bonchev–Trinajstić information content (AvgIpc) is 3.83. The lowest BCUT2D eigenvalue weighted by Gasteiger charge is -2.25. The summed E-state index contributed by atoms with van der Waals surface area (Å²) in [4.78, 5) is 29.2. The zero-order valence-corrected chi connectivity index (χ0v) is 24.4. The molecule has 1 fully saturated rings. The number of aromatic nitrogens is 2. The van der Waals surface area contributed by atoms with Crippen LogP contribution in [0.5, 0.6) is 5.88 Å². The maximum Gasteiger partial charge on any atom is 0.277 e. The molecular weight excluding hydrogens is 568 g/mol. The second-order valence-electron chi connectivity index (χ2n) is 10.7. The highest BCUT2D eigenvalue weighted by molar-refractivity contribution is 7.91. The second kappa shape index (κ2) is 11.8. The van der Waals surface area contributed by atoms with E-state index in [9.17, 15) is 28.4 Å². The van der Waals surface area contributed by atoms with Gasteiger partial charge in [0.05, 0.1) is 28.7 Å². The number of amides is 1. The molecule has 0 spiro atoms. The lowest BCUT2D eigenvalue weighted by molar-refractivity contribution is 0.0571. The van der Waals surface area contributed by atoms with Gasteiger partial charge >= 0.3 is 0 Å². The first-order valence-corrected chi connectivity index (χ1v) is 15.2. The highest BCUT2D eigenvalue weighted by Gasteiger charge is 2.39. The van der Waals surface area contributed by atoms with Gasteiger partial charge in [0.1, 0.15) is 12.4 Å². The third-order valence-corrected chi connectivity index (χ3v) is 9.10. The maximum atomic E-state index is 14.2. The monoisotopic (exact) mass is 598 g/mol. The van der Waals surface area contributed by atoms with E-state index in [2.05, 4.69) is 11.1 Å². The summed E-state index contributed by atoms with van der Waals surface area (Å²) in [5, 5.41) is 20.4. The molecule has 0 saturated heterocycles. The van der Waals surface area contributed by atoms with Crippen LogP contribution in [-0.2, 0) is 21.2 Å². The Morgan fingerprint density at radius 2 is 1.81 bits per heavy atom. The Morgan fingerprint density at radius 1 is 1.12 bits per heavy atom. The largest absolute Gasteiger partial charge is 0.492 e. The molecule has 1 atom stereocenters. The van der Waals surface area contributed by atoms with Crippen molar-refractivity contribution < 1.29 is 23.1 Å². The average molecular weight is 599 g/mol. The first-order valence-electron chi connectivity index (χ1n) is 13.7. The van der Waals surface area contributed by atoms with Crippen molar-refractivity contribution in [3.63, 3.8) is 0 Å². The molecule has 0 bridgehead atoms. The lowest BCUT2D eigenvalue weighted by Crippen LogP contribution is -2.35. The number of aromatic hydroxyl groups is 1. The zero-order valence-electron chi connectivity index (χ0n) is 23.6. The summed E-state index contributed by atoms with van der Waals surface area (Å²) in [5.74, 6) is -1.48. The minimum Gasteiger partial charge on any atom is -0.492 e. The van der Waals surface area contributed by atoms with Gasteiger partial charge in [-0.2, -0.15) is 10.2 Å². The minimum absolute atomic E-state index is 0.00375. The molecule has 10 nitrogen and oxygen atoms in total. The van der Waals surface area contributed by atoms with Gasteiger partial charge < -0.3 is 15.6 Å². The molecule has 43 heavy (non-hydrogen) atoms. The van der Waals surface area contributed by atoms with Gasteiger partial charge in [0.15, 0.2) is 4.90 Å². The van der Waals surface area contributed by atoms with E-state index in [1.54, 1.807) is 62.4 Å². The number of sulfone groups is 1. The van der Waals surface area contributed by atoms with Crippen LogP contribution in [0.3, 0.4) is 0 Å². The van der Waals surface area contributed by atoms with Gasteiger partial charge in [-0.05, 0) is 79.6 Å². The molecule has 1 aliphatic rings. The van der Waals surface area contributed by atoms with Crippen LogP contribution in [0, 0.1) is 17.2 Å². The highest BCUT2D eigenvalue weighted by Crippen LogP contribution is 2.44. The van der Waals surface area contributed by atoms with Crippen LogP contribution in [0.4, 0.5) is 0 Å². The standard InChI is InChI=1S/C32H30N4O6S/c1-19(2)42-18-27-35-31(38)29(32(39)36(27)28(22-10-11-22)23-7-5-6-20(16-23)17-33)43(40,41)24-14-12-21(13-15-24)25-8-3-4-9-26(25)30(34)37/h3-9,12-16,19,22,28,38H,10-11,18H2,1-2H3,(H2,34,37). The van der Waals surface area contributed by atoms with Crippen molar-refractivity contribution in [2.45, 2.75) is 55.2 Å². The van der Waals surface area contributed by atoms with Crippen LogP contribution in [0.25, 0.3) is 11.1 Å². The molecule has 1 heterocycles. The predicted molar refractivity (Wildman–Crippen MR) is 158 cm³/mol. The molecule has 3 N–H and O–H groups in total. The number of carbonyl (C=O) groups excluding carboxylic acids is 1. The summed E-state index contributed by atoms with van der Waals surface area (Å²) in [6.45, 7) is 3.47. The van der Waals surface area contributed by atoms with Crippen LogP contribution in [0.15, 0.2) is 87.4 Å². The van der Waals surface area contributed by atoms with Crippen LogP contribution in [0.2, 0.25) is 0 Å². The lowest BCUT2D eigenvalue weighted by atomic mass is 9.99. The van der Waals surface area contributed by atoms with E-state index in [-0.39, 0.29) is 34.9 Å². The molecule has 0 aliphatic heterocycles. The highest BCUT2D eigenvalue weighted by atomic mass is 32.2. The fourth-order valence-electron chi connectivity index (χ4n) is 5.13. The van der Waals surface area contributed by atoms with Gasteiger partial charge in [0.2, 0.25) is 21.6 Å². The van der Waals surface area contributed by atoms with Crippen molar-refractivity contribution in [2.75, 3.05) is 0 Å². The number of carbonyl (C=O) groups is 1. The number of rotatable bonds is 10. The summed E-state index contributed by atoms with van der Waals surface area (Å²) in [6, 6.07) is 20.6. The van der Waals surface area contributed by atoms with Crippen molar-refractivity contribution >= 4 is 15.7 Å².